The zero-order chi connectivity index (χ0) is 20.8. The van der Waals surface area contributed by atoms with E-state index in [9.17, 15) is 5.11 Å². The molecule has 2 aromatic carbocycles. The van der Waals surface area contributed by atoms with Crippen LogP contribution in [0.25, 0.3) is 11.0 Å². The summed E-state index contributed by atoms with van der Waals surface area (Å²) in [4.78, 5) is 4.64. The quantitative estimate of drug-likeness (QED) is 0.413. The van der Waals surface area contributed by atoms with Crippen molar-refractivity contribution in [2.45, 2.75) is 26.4 Å². The predicted molar refractivity (Wildman–Crippen MR) is 114 cm³/mol. The highest BCUT2D eigenvalue weighted by Gasteiger charge is 2.14. The lowest BCUT2D eigenvalue weighted by Gasteiger charge is -2.16. The fraction of sp³-hybridized carbons (Fsp3) is 0.318. The predicted octanol–water partition coefficient (Wildman–Crippen LogP) is 3.97. The van der Waals surface area contributed by atoms with E-state index in [-0.39, 0.29) is 11.8 Å². The third kappa shape index (κ3) is 4.74. The second kappa shape index (κ2) is 9.23. The molecular formula is C22H27N3O4. The second-order valence-corrected chi connectivity index (χ2v) is 6.60. The number of hydrogen-bond donors (Lipinski definition) is 3. The number of nitrogens with zero attached hydrogens (tertiary/aromatic N) is 1. The Labute approximate surface area is 170 Å². The van der Waals surface area contributed by atoms with Crippen molar-refractivity contribution in [1.82, 2.24) is 10.6 Å². The highest BCUT2D eigenvalue weighted by atomic mass is 16.5. The third-order valence-electron chi connectivity index (χ3n) is 4.53. The van der Waals surface area contributed by atoms with Crippen LogP contribution >= 0.6 is 0 Å². The Morgan fingerprint density at radius 3 is 2.45 bits per heavy atom. The zero-order valence-electron chi connectivity index (χ0n) is 17.2. The Morgan fingerprint density at radius 2 is 1.83 bits per heavy atom. The number of rotatable bonds is 7. The number of phenols is 1. The molecule has 1 aromatic heterocycles. The van der Waals surface area contributed by atoms with Crippen LogP contribution in [-0.2, 0) is 6.54 Å². The SMILES string of the molecule is CCNC(=NCc1cc(OC)c(O)c(OC)c1)NC(C)c1cc2ccccc2o1. The maximum Gasteiger partial charge on any atom is 0.200 e. The van der Waals surface area contributed by atoms with Gasteiger partial charge in [0.2, 0.25) is 5.75 Å². The molecule has 3 rings (SSSR count). The molecule has 0 saturated heterocycles. The van der Waals surface area contributed by atoms with Crippen LogP contribution in [0.3, 0.4) is 0 Å². The summed E-state index contributed by atoms with van der Waals surface area (Å²) in [7, 11) is 3.00. The number of para-hydroxylation sites is 1. The minimum absolute atomic E-state index is 0.0220. The van der Waals surface area contributed by atoms with E-state index in [0.717, 1.165) is 28.8 Å². The first kappa shape index (κ1) is 20.4. The molecule has 1 atom stereocenters. The second-order valence-electron chi connectivity index (χ2n) is 6.60. The molecule has 1 unspecified atom stereocenters. The molecule has 29 heavy (non-hydrogen) atoms. The lowest BCUT2D eigenvalue weighted by atomic mass is 10.2. The lowest BCUT2D eigenvalue weighted by molar-refractivity contribution is 0.339. The van der Waals surface area contributed by atoms with E-state index in [1.54, 1.807) is 12.1 Å². The summed E-state index contributed by atoms with van der Waals surface area (Å²) in [5.41, 5.74) is 1.71. The Bertz CT molecular complexity index is 939. The standard InChI is InChI=1S/C22H27N3O4/c1-5-23-22(24-13-15-10-19(27-3)21(26)20(11-15)28-4)25-14(2)18-12-16-8-6-7-9-17(16)29-18/h6-12,14,26H,5,13H2,1-4H3,(H2,23,24,25). The van der Waals surface area contributed by atoms with Crippen molar-refractivity contribution in [3.8, 4) is 17.2 Å². The van der Waals surface area contributed by atoms with E-state index in [0.29, 0.717) is 24.0 Å². The molecule has 0 fully saturated rings. The van der Waals surface area contributed by atoms with E-state index in [1.165, 1.54) is 14.2 Å². The Kier molecular flexibility index (Phi) is 6.49. The van der Waals surface area contributed by atoms with Crippen LogP contribution in [0.1, 0.15) is 31.2 Å². The number of guanidine groups is 1. The highest BCUT2D eigenvalue weighted by Crippen LogP contribution is 2.37. The number of hydrogen-bond acceptors (Lipinski definition) is 5. The largest absolute Gasteiger partial charge is 0.502 e. The number of nitrogens with one attached hydrogen (secondary N) is 2. The third-order valence-corrected chi connectivity index (χ3v) is 4.53. The van der Waals surface area contributed by atoms with Crippen LogP contribution in [-0.4, -0.2) is 31.8 Å². The fourth-order valence-corrected chi connectivity index (χ4v) is 3.02. The number of benzene rings is 2. The normalized spacial score (nSPS) is 12.6. The molecule has 0 bridgehead atoms. The molecule has 3 N–H and O–H groups in total. The number of aliphatic imine (C=N–C) groups is 1. The lowest BCUT2D eigenvalue weighted by Crippen LogP contribution is -2.38. The summed E-state index contributed by atoms with van der Waals surface area (Å²) in [5.74, 6) is 2.17. The van der Waals surface area contributed by atoms with Gasteiger partial charge in [0.25, 0.3) is 0 Å². The molecule has 0 aliphatic heterocycles. The van der Waals surface area contributed by atoms with Crippen molar-refractivity contribution in [2.75, 3.05) is 20.8 Å². The summed E-state index contributed by atoms with van der Waals surface area (Å²) >= 11 is 0. The van der Waals surface area contributed by atoms with Crippen molar-refractivity contribution in [3.05, 3.63) is 53.8 Å². The van der Waals surface area contributed by atoms with Crippen LogP contribution in [0, 0.1) is 0 Å². The van der Waals surface area contributed by atoms with Gasteiger partial charge in [-0.1, -0.05) is 18.2 Å². The molecule has 0 aliphatic rings. The summed E-state index contributed by atoms with van der Waals surface area (Å²) in [6, 6.07) is 13.4. The minimum atomic E-state index is -0.0657. The van der Waals surface area contributed by atoms with Crippen molar-refractivity contribution in [2.24, 2.45) is 4.99 Å². The molecular weight excluding hydrogens is 370 g/mol. The van der Waals surface area contributed by atoms with Gasteiger partial charge < -0.3 is 29.6 Å². The van der Waals surface area contributed by atoms with Crippen molar-refractivity contribution in [3.63, 3.8) is 0 Å². The van der Waals surface area contributed by atoms with Gasteiger partial charge in [-0.15, -0.1) is 0 Å². The van der Waals surface area contributed by atoms with E-state index < -0.39 is 0 Å². The van der Waals surface area contributed by atoms with Gasteiger partial charge in [-0.2, -0.15) is 0 Å². The average molecular weight is 397 g/mol. The van der Waals surface area contributed by atoms with Crippen molar-refractivity contribution in [1.29, 1.82) is 0 Å². The topological polar surface area (TPSA) is 88.3 Å². The number of methoxy groups -OCH3 is 2. The van der Waals surface area contributed by atoms with Gasteiger partial charge >= 0.3 is 0 Å². The molecule has 7 nitrogen and oxygen atoms in total. The molecule has 7 heteroatoms. The van der Waals surface area contributed by atoms with Gasteiger partial charge in [0.05, 0.1) is 26.8 Å². The van der Waals surface area contributed by atoms with E-state index in [2.05, 4.69) is 15.6 Å². The molecule has 3 aromatic rings. The molecule has 0 amide bonds. The van der Waals surface area contributed by atoms with Gasteiger partial charge in [0, 0.05) is 11.9 Å². The number of phenolic OH excluding ortho intramolecular Hbond substituents is 1. The highest BCUT2D eigenvalue weighted by molar-refractivity contribution is 5.81. The number of ether oxygens (including phenoxy) is 2. The maximum atomic E-state index is 10.1. The van der Waals surface area contributed by atoms with Crippen LogP contribution in [0.5, 0.6) is 17.2 Å². The van der Waals surface area contributed by atoms with E-state index >= 15 is 0 Å². The summed E-state index contributed by atoms with van der Waals surface area (Å²) in [6.45, 7) is 5.14. The average Bonchev–Trinajstić information content (AvgIpc) is 3.17. The molecule has 154 valence electrons. The minimum Gasteiger partial charge on any atom is -0.502 e. The number of fused-ring (bicyclic) bond motifs is 1. The van der Waals surface area contributed by atoms with Gasteiger partial charge in [0.1, 0.15) is 11.3 Å². The zero-order valence-corrected chi connectivity index (χ0v) is 17.2. The first-order chi connectivity index (χ1) is 14.0. The summed E-state index contributed by atoms with van der Waals surface area (Å²) < 4.78 is 16.4. The van der Waals surface area contributed by atoms with Crippen molar-refractivity contribution < 1.29 is 19.0 Å². The van der Waals surface area contributed by atoms with Crippen LogP contribution in [0.4, 0.5) is 0 Å². The molecule has 0 aliphatic carbocycles. The monoisotopic (exact) mass is 397 g/mol. The number of furan rings is 1. The van der Waals surface area contributed by atoms with Crippen molar-refractivity contribution >= 4 is 16.9 Å². The molecule has 0 spiro atoms. The molecule has 0 saturated carbocycles. The Balaban J connectivity index is 1.77. The summed E-state index contributed by atoms with van der Waals surface area (Å²) in [5, 5.41) is 17.7. The van der Waals surface area contributed by atoms with Crippen LogP contribution in [0.15, 0.2) is 51.9 Å². The maximum absolute atomic E-state index is 10.1. The summed E-state index contributed by atoms with van der Waals surface area (Å²) in [6.07, 6.45) is 0. The van der Waals surface area contributed by atoms with E-state index in [4.69, 9.17) is 13.9 Å². The van der Waals surface area contributed by atoms with Gasteiger partial charge in [-0.25, -0.2) is 4.99 Å². The number of aromatic hydroxyl groups is 1. The first-order valence-corrected chi connectivity index (χ1v) is 9.52. The van der Waals surface area contributed by atoms with Crippen LogP contribution < -0.4 is 20.1 Å². The smallest absolute Gasteiger partial charge is 0.200 e. The first-order valence-electron chi connectivity index (χ1n) is 9.52. The molecule has 1 heterocycles. The molecule has 0 radical (unpaired) electrons. The van der Waals surface area contributed by atoms with Gasteiger partial charge in [-0.3, -0.25) is 0 Å². The van der Waals surface area contributed by atoms with Gasteiger partial charge in [0.15, 0.2) is 17.5 Å². The van der Waals surface area contributed by atoms with Gasteiger partial charge in [-0.05, 0) is 43.7 Å². The fourth-order valence-electron chi connectivity index (χ4n) is 3.02. The Morgan fingerprint density at radius 1 is 1.14 bits per heavy atom. The van der Waals surface area contributed by atoms with E-state index in [1.807, 2.05) is 44.2 Å². The Hall–Kier alpha value is -3.35. The van der Waals surface area contributed by atoms with Crippen LogP contribution in [0.2, 0.25) is 0 Å².